The first-order valence-electron chi connectivity index (χ1n) is 6.24. The predicted octanol–water partition coefficient (Wildman–Crippen LogP) is 1.59. The van der Waals surface area contributed by atoms with Crippen LogP contribution >= 0.6 is 0 Å². The van der Waals surface area contributed by atoms with Gasteiger partial charge in [0.2, 0.25) is 10.0 Å². The zero-order chi connectivity index (χ0) is 14.5. The van der Waals surface area contributed by atoms with E-state index in [9.17, 15) is 8.42 Å². The van der Waals surface area contributed by atoms with Gasteiger partial charge in [-0.05, 0) is 49.9 Å². The normalized spacial score (nSPS) is 11.7. The largest absolute Gasteiger partial charge is 0.398 e. The third-order valence-corrected chi connectivity index (χ3v) is 4.50. The molecule has 0 bridgehead atoms. The van der Waals surface area contributed by atoms with Gasteiger partial charge in [-0.2, -0.15) is 0 Å². The minimum atomic E-state index is -3.48. The summed E-state index contributed by atoms with van der Waals surface area (Å²) in [5, 5.41) is 0. The van der Waals surface area contributed by atoms with Crippen LogP contribution in [0, 0.1) is 13.8 Å². The van der Waals surface area contributed by atoms with Crippen LogP contribution in [-0.2, 0) is 14.8 Å². The van der Waals surface area contributed by atoms with Gasteiger partial charge < -0.3 is 10.5 Å². The maximum Gasteiger partial charge on any atom is 0.240 e. The minimum Gasteiger partial charge on any atom is -0.398 e. The highest BCUT2D eigenvalue weighted by molar-refractivity contribution is 7.89. The van der Waals surface area contributed by atoms with Crippen LogP contribution in [0.2, 0.25) is 0 Å². The number of nitrogen functional groups attached to an aromatic ring is 1. The molecule has 0 unspecified atom stereocenters. The maximum atomic E-state index is 12.1. The Morgan fingerprint density at radius 1 is 1.26 bits per heavy atom. The van der Waals surface area contributed by atoms with E-state index in [1.165, 1.54) is 6.07 Å². The van der Waals surface area contributed by atoms with Gasteiger partial charge in [-0.1, -0.05) is 0 Å². The summed E-state index contributed by atoms with van der Waals surface area (Å²) in [6.07, 6.45) is 1.57. The lowest BCUT2D eigenvalue weighted by atomic mass is 10.1. The summed E-state index contributed by atoms with van der Waals surface area (Å²) in [6.45, 7) is 4.76. The molecule has 0 aromatic heterocycles. The van der Waals surface area contributed by atoms with Crippen LogP contribution in [0.4, 0.5) is 5.69 Å². The summed E-state index contributed by atoms with van der Waals surface area (Å²) in [4.78, 5) is 0.222. The number of anilines is 1. The number of unbranched alkanes of at least 4 members (excludes halogenated alkanes) is 1. The Kier molecular flexibility index (Phi) is 5.78. The molecular weight excluding hydrogens is 264 g/mol. The molecule has 0 saturated heterocycles. The van der Waals surface area contributed by atoms with Crippen LogP contribution in [-0.4, -0.2) is 28.7 Å². The zero-order valence-corrected chi connectivity index (χ0v) is 12.5. The van der Waals surface area contributed by atoms with E-state index in [1.54, 1.807) is 13.2 Å². The van der Waals surface area contributed by atoms with Crippen molar-refractivity contribution in [1.82, 2.24) is 4.72 Å². The fraction of sp³-hybridized carbons (Fsp3) is 0.538. The molecular formula is C13H22N2O3S. The molecule has 19 heavy (non-hydrogen) atoms. The van der Waals surface area contributed by atoms with Crippen molar-refractivity contribution in [3.05, 3.63) is 23.3 Å². The molecule has 0 aliphatic heterocycles. The SMILES string of the molecule is COCCCCNS(=O)(=O)c1cc(C)c(C)c(N)c1. The molecule has 108 valence electrons. The zero-order valence-electron chi connectivity index (χ0n) is 11.7. The lowest BCUT2D eigenvalue weighted by Crippen LogP contribution is -2.25. The van der Waals surface area contributed by atoms with E-state index in [2.05, 4.69) is 4.72 Å². The summed E-state index contributed by atoms with van der Waals surface area (Å²) in [5.74, 6) is 0. The van der Waals surface area contributed by atoms with E-state index in [0.717, 1.165) is 24.0 Å². The van der Waals surface area contributed by atoms with Gasteiger partial charge in [-0.25, -0.2) is 13.1 Å². The number of methoxy groups -OCH3 is 1. The molecule has 0 heterocycles. The Bertz CT molecular complexity index is 504. The number of aryl methyl sites for hydroxylation is 1. The smallest absolute Gasteiger partial charge is 0.240 e. The molecule has 0 amide bonds. The second-order valence-electron chi connectivity index (χ2n) is 4.55. The number of rotatable bonds is 7. The van der Waals surface area contributed by atoms with Gasteiger partial charge in [-0.15, -0.1) is 0 Å². The molecule has 1 aromatic carbocycles. The Balaban J connectivity index is 2.72. The Morgan fingerprint density at radius 2 is 1.95 bits per heavy atom. The van der Waals surface area contributed by atoms with Crippen molar-refractivity contribution in [3.63, 3.8) is 0 Å². The van der Waals surface area contributed by atoms with Crippen LogP contribution in [0.1, 0.15) is 24.0 Å². The van der Waals surface area contributed by atoms with Crippen molar-refractivity contribution in [3.8, 4) is 0 Å². The van der Waals surface area contributed by atoms with Gasteiger partial charge >= 0.3 is 0 Å². The number of sulfonamides is 1. The minimum absolute atomic E-state index is 0.222. The van der Waals surface area contributed by atoms with Crippen LogP contribution in [0.15, 0.2) is 17.0 Å². The van der Waals surface area contributed by atoms with E-state index in [1.807, 2.05) is 13.8 Å². The Morgan fingerprint density at radius 3 is 2.53 bits per heavy atom. The molecule has 0 atom stereocenters. The fourth-order valence-electron chi connectivity index (χ4n) is 1.67. The highest BCUT2D eigenvalue weighted by atomic mass is 32.2. The lowest BCUT2D eigenvalue weighted by molar-refractivity contribution is 0.193. The van der Waals surface area contributed by atoms with Crippen molar-refractivity contribution in [2.45, 2.75) is 31.6 Å². The summed E-state index contributed by atoms with van der Waals surface area (Å²) in [5.41, 5.74) is 8.09. The van der Waals surface area contributed by atoms with E-state index in [0.29, 0.717) is 18.8 Å². The molecule has 5 nitrogen and oxygen atoms in total. The molecule has 0 saturated carbocycles. The third-order valence-electron chi connectivity index (χ3n) is 3.06. The molecule has 1 aromatic rings. The molecule has 3 N–H and O–H groups in total. The fourth-order valence-corrected chi connectivity index (χ4v) is 2.86. The number of hydrogen-bond acceptors (Lipinski definition) is 4. The maximum absolute atomic E-state index is 12.1. The van der Waals surface area contributed by atoms with Gasteiger partial charge in [0, 0.05) is 25.9 Å². The van der Waals surface area contributed by atoms with Crippen LogP contribution in [0.5, 0.6) is 0 Å². The molecule has 0 radical (unpaired) electrons. The third kappa shape index (κ3) is 4.49. The number of hydrogen-bond donors (Lipinski definition) is 2. The molecule has 0 aliphatic carbocycles. The van der Waals surface area contributed by atoms with E-state index in [4.69, 9.17) is 10.5 Å². The van der Waals surface area contributed by atoms with Crippen molar-refractivity contribution in [1.29, 1.82) is 0 Å². The Hall–Kier alpha value is -1.11. The standard InChI is InChI=1S/C13H22N2O3S/c1-10-8-12(9-13(14)11(10)2)19(16,17)15-6-4-5-7-18-3/h8-9,15H,4-7,14H2,1-3H3. The van der Waals surface area contributed by atoms with Gasteiger partial charge in [0.1, 0.15) is 0 Å². The molecule has 6 heteroatoms. The van der Waals surface area contributed by atoms with E-state index in [-0.39, 0.29) is 4.90 Å². The van der Waals surface area contributed by atoms with Crippen LogP contribution < -0.4 is 10.5 Å². The summed E-state index contributed by atoms with van der Waals surface area (Å²) in [7, 11) is -1.85. The first-order chi connectivity index (χ1) is 8.88. The predicted molar refractivity (Wildman–Crippen MR) is 76.6 cm³/mol. The molecule has 0 spiro atoms. The number of nitrogens with one attached hydrogen (secondary N) is 1. The van der Waals surface area contributed by atoms with E-state index < -0.39 is 10.0 Å². The number of benzene rings is 1. The first-order valence-corrected chi connectivity index (χ1v) is 7.72. The average molecular weight is 286 g/mol. The van der Waals surface area contributed by atoms with Crippen LogP contribution in [0.3, 0.4) is 0 Å². The summed E-state index contributed by atoms with van der Waals surface area (Å²) >= 11 is 0. The van der Waals surface area contributed by atoms with Crippen molar-refractivity contribution >= 4 is 15.7 Å². The van der Waals surface area contributed by atoms with Gasteiger partial charge in [0.25, 0.3) is 0 Å². The topological polar surface area (TPSA) is 81.4 Å². The molecule has 1 rings (SSSR count). The summed E-state index contributed by atoms with van der Waals surface area (Å²) in [6, 6.07) is 3.14. The van der Waals surface area contributed by atoms with Gasteiger partial charge in [0.05, 0.1) is 4.90 Å². The van der Waals surface area contributed by atoms with Crippen molar-refractivity contribution in [2.24, 2.45) is 0 Å². The van der Waals surface area contributed by atoms with Crippen molar-refractivity contribution < 1.29 is 13.2 Å². The highest BCUT2D eigenvalue weighted by Gasteiger charge is 2.15. The molecule has 0 aliphatic rings. The van der Waals surface area contributed by atoms with Crippen molar-refractivity contribution in [2.75, 3.05) is 26.0 Å². The Labute approximate surface area is 115 Å². The van der Waals surface area contributed by atoms with E-state index >= 15 is 0 Å². The average Bonchev–Trinajstić information content (AvgIpc) is 2.35. The quantitative estimate of drug-likeness (QED) is 0.589. The summed E-state index contributed by atoms with van der Waals surface area (Å²) < 4.78 is 31.6. The monoisotopic (exact) mass is 286 g/mol. The number of ether oxygens (including phenoxy) is 1. The first kappa shape index (κ1) is 15.9. The second-order valence-corrected chi connectivity index (χ2v) is 6.32. The highest BCUT2D eigenvalue weighted by Crippen LogP contribution is 2.21. The lowest BCUT2D eigenvalue weighted by Gasteiger charge is -2.10. The van der Waals surface area contributed by atoms with Gasteiger partial charge in [-0.3, -0.25) is 0 Å². The van der Waals surface area contributed by atoms with Crippen LogP contribution in [0.25, 0.3) is 0 Å². The molecule has 0 fully saturated rings. The second kappa shape index (κ2) is 6.88. The van der Waals surface area contributed by atoms with Gasteiger partial charge in [0.15, 0.2) is 0 Å². The number of nitrogens with two attached hydrogens (primary N) is 1.